The van der Waals surface area contributed by atoms with Crippen molar-refractivity contribution in [3.63, 3.8) is 0 Å². The van der Waals surface area contributed by atoms with Crippen LogP contribution in [0.3, 0.4) is 0 Å². The second kappa shape index (κ2) is 6.73. The van der Waals surface area contributed by atoms with E-state index in [4.69, 9.17) is 10.6 Å². The molecule has 128 valence electrons. The summed E-state index contributed by atoms with van der Waals surface area (Å²) in [5.74, 6) is -0.897. The van der Waals surface area contributed by atoms with Crippen LogP contribution in [0.15, 0.2) is 35.5 Å². The lowest BCUT2D eigenvalue weighted by atomic mass is 10.1. The summed E-state index contributed by atoms with van der Waals surface area (Å²) >= 11 is 0. The highest BCUT2D eigenvalue weighted by atomic mass is 19.4. The summed E-state index contributed by atoms with van der Waals surface area (Å²) in [6, 6.07) is 7.56. The van der Waals surface area contributed by atoms with Crippen LogP contribution in [-0.2, 0) is 17.6 Å². The molecule has 0 fully saturated rings. The van der Waals surface area contributed by atoms with Gasteiger partial charge in [-0.15, -0.1) is 0 Å². The van der Waals surface area contributed by atoms with Crippen molar-refractivity contribution in [2.24, 2.45) is 10.9 Å². The van der Waals surface area contributed by atoms with Gasteiger partial charge in [-0.3, -0.25) is 4.68 Å². The van der Waals surface area contributed by atoms with Gasteiger partial charge in [-0.05, 0) is 32.0 Å². The van der Waals surface area contributed by atoms with Crippen molar-refractivity contribution in [2.75, 3.05) is 0 Å². The van der Waals surface area contributed by atoms with E-state index in [1.807, 2.05) is 13.0 Å². The predicted octanol–water partition coefficient (Wildman–Crippen LogP) is 2.65. The summed E-state index contributed by atoms with van der Waals surface area (Å²) in [5, 5.41) is 6.85. The third-order valence-corrected chi connectivity index (χ3v) is 3.08. The fourth-order valence-corrected chi connectivity index (χ4v) is 1.92. The molecule has 24 heavy (non-hydrogen) atoms. The highest BCUT2D eigenvalue weighted by Gasteiger charge is 2.34. The first-order valence-corrected chi connectivity index (χ1v) is 6.89. The molecule has 0 aliphatic heterocycles. The molecule has 0 unspecified atom stereocenters. The Kier molecular flexibility index (Phi) is 4.91. The van der Waals surface area contributed by atoms with E-state index in [-0.39, 0.29) is 18.1 Å². The van der Waals surface area contributed by atoms with Gasteiger partial charge in [-0.25, -0.2) is 4.79 Å². The highest BCUT2D eigenvalue weighted by molar-refractivity contribution is 5.90. The molecular formula is C15H15F3N4O2. The number of aromatic nitrogens is 2. The molecule has 1 heterocycles. The number of nitrogens with zero attached hydrogens (tertiary/aromatic N) is 3. The Balaban J connectivity index is 2.04. The molecule has 0 spiro atoms. The molecule has 0 aliphatic rings. The average Bonchev–Trinajstić information content (AvgIpc) is 2.86. The van der Waals surface area contributed by atoms with Gasteiger partial charge in [0.25, 0.3) is 0 Å². The smallest absolute Gasteiger partial charge is 0.383 e. The van der Waals surface area contributed by atoms with E-state index in [2.05, 4.69) is 10.3 Å². The van der Waals surface area contributed by atoms with Crippen LogP contribution in [0.1, 0.15) is 27.3 Å². The first-order chi connectivity index (χ1) is 11.2. The van der Waals surface area contributed by atoms with Crippen LogP contribution < -0.4 is 5.73 Å². The number of nitrogens with two attached hydrogens (primary N) is 1. The van der Waals surface area contributed by atoms with Crippen LogP contribution in [0.2, 0.25) is 0 Å². The van der Waals surface area contributed by atoms with Crippen LogP contribution in [-0.4, -0.2) is 21.6 Å². The van der Waals surface area contributed by atoms with Crippen molar-refractivity contribution in [3.8, 4) is 0 Å². The maximum atomic E-state index is 12.6. The first kappa shape index (κ1) is 17.5. The standard InChI is InChI=1S/C15H15F3N4O2/c1-9-4-3-5-11(6-9)14(23)24-21-13(19)8-22-10(2)7-12(20-22)15(16,17)18/h3-7H,8H2,1-2H3,(H2,19,21). The number of benzene rings is 1. The number of amidine groups is 1. The Morgan fingerprint density at radius 3 is 2.62 bits per heavy atom. The third-order valence-electron chi connectivity index (χ3n) is 3.08. The number of rotatable bonds is 4. The molecule has 1 aromatic heterocycles. The molecule has 0 saturated carbocycles. The minimum atomic E-state index is -4.54. The first-order valence-electron chi connectivity index (χ1n) is 6.89. The molecular weight excluding hydrogens is 325 g/mol. The van der Waals surface area contributed by atoms with E-state index in [0.29, 0.717) is 5.56 Å². The summed E-state index contributed by atoms with van der Waals surface area (Å²) in [4.78, 5) is 16.5. The zero-order valence-corrected chi connectivity index (χ0v) is 13.0. The van der Waals surface area contributed by atoms with Crippen LogP contribution in [0, 0.1) is 13.8 Å². The predicted molar refractivity (Wildman–Crippen MR) is 80.2 cm³/mol. The molecule has 0 saturated heterocycles. The van der Waals surface area contributed by atoms with Crippen molar-refractivity contribution in [1.29, 1.82) is 0 Å². The van der Waals surface area contributed by atoms with Crippen LogP contribution in [0.25, 0.3) is 0 Å². The number of halogens is 3. The Bertz CT molecular complexity index is 781. The molecule has 0 radical (unpaired) electrons. The monoisotopic (exact) mass is 340 g/mol. The second-order valence-corrected chi connectivity index (χ2v) is 5.16. The van der Waals surface area contributed by atoms with Crippen LogP contribution in [0.5, 0.6) is 0 Å². The van der Waals surface area contributed by atoms with Crippen molar-refractivity contribution >= 4 is 11.8 Å². The van der Waals surface area contributed by atoms with E-state index >= 15 is 0 Å². The fourth-order valence-electron chi connectivity index (χ4n) is 1.92. The number of alkyl halides is 3. The lowest BCUT2D eigenvalue weighted by molar-refractivity contribution is -0.141. The number of hydrogen-bond acceptors (Lipinski definition) is 4. The topological polar surface area (TPSA) is 82.5 Å². The van der Waals surface area contributed by atoms with Crippen LogP contribution in [0.4, 0.5) is 13.2 Å². The van der Waals surface area contributed by atoms with Crippen molar-refractivity contribution < 1.29 is 22.8 Å². The second-order valence-electron chi connectivity index (χ2n) is 5.16. The molecule has 0 bridgehead atoms. The van der Waals surface area contributed by atoms with Crippen molar-refractivity contribution in [1.82, 2.24) is 9.78 Å². The molecule has 6 nitrogen and oxygen atoms in total. The van der Waals surface area contributed by atoms with Gasteiger partial charge in [0.05, 0.1) is 5.56 Å². The molecule has 0 aliphatic carbocycles. The summed E-state index contributed by atoms with van der Waals surface area (Å²) in [5.41, 5.74) is 5.97. The Labute approximate surface area is 135 Å². The maximum absolute atomic E-state index is 12.6. The molecule has 1 aromatic carbocycles. The van der Waals surface area contributed by atoms with Gasteiger partial charge in [0.1, 0.15) is 6.54 Å². The molecule has 9 heteroatoms. The summed E-state index contributed by atoms with van der Waals surface area (Å²) in [6.45, 7) is 3.03. The Hall–Kier alpha value is -2.84. The fraction of sp³-hybridized carbons (Fsp3) is 0.267. The largest absolute Gasteiger partial charge is 0.435 e. The van der Waals surface area contributed by atoms with E-state index in [0.717, 1.165) is 16.3 Å². The van der Waals surface area contributed by atoms with Crippen molar-refractivity contribution in [3.05, 3.63) is 52.8 Å². The van der Waals surface area contributed by atoms with E-state index < -0.39 is 17.8 Å². The van der Waals surface area contributed by atoms with Gasteiger partial charge in [0, 0.05) is 5.69 Å². The minimum absolute atomic E-state index is 0.184. The zero-order valence-electron chi connectivity index (χ0n) is 13.0. The lowest BCUT2D eigenvalue weighted by Crippen LogP contribution is -2.22. The summed E-state index contributed by atoms with van der Waals surface area (Å²) in [6.07, 6.45) is -4.54. The third kappa shape index (κ3) is 4.34. The average molecular weight is 340 g/mol. The van der Waals surface area contributed by atoms with E-state index in [1.54, 1.807) is 18.2 Å². The lowest BCUT2D eigenvalue weighted by Gasteiger charge is -2.04. The number of carbonyl (C=O) groups is 1. The minimum Gasteiger partial charge on any atom is -0.383 e. The molecule has 0 atom stereocenters. The quantitative estimate of drug-likeness (QED) is 0.401. The summed E-state index contributed by atoms with van der Waals surface area (Å²) < 4.78 is 38.8. The normalized spacial score (nSPS) is 12.3. The van der Waals surface area contributed by atoms with Gasteiger partial charge in [0.2, 0.25) is 0 Å². The van der Waals surface area contributed by atoms with Gasteiger partial charge >= 0.3 is 12.1 Å². The molecule has 2 rings (SSSR count). The summed E-state index contributed by atoms with van der Waals surface area (Å²) in [7, 11) is 0. The van der Waals surface area contributed by atoms with Gasteiger partial charge in [0.15, 0.2) is 11.5 Å². The number of aryl methyl sites for hydroxylation is 2. The van der Waals surface area contributed by atoms with E-state index in [9.17, 15) is 18.0 Å². The zero-order chi connectivity index (χ0) is 17.9. The Morgan fingerprint density at radius 2 is 2.04 bits per heavy atom. The van der Waals surface area contributed by atoms with Crippen LogP contribution >= 0.6 is 0 Å². The number of carbonyl (C=O) groups excluding carboxylic acids is 1. The number of hydrogen-bond donors (Lipinski definition) is 1. The number of oxime groups is 1. The Morgan fingerprint density at radius 1 is 1.33 bits per heavy atom. The SMILES string of the molecule is Cc1cccc(C(=O)O/N=C(/N)Cn2nc(C(F)(F)F)cc2C)c1. The van der Waals surface area contributed by atoms with Crippen molar-refractivity contribution in [2.45, 2.75) is 26.6 Å². The van der Waals surface area contributed by atoms with Gasteiger partial charge in [-0.1, -0.05) is 22.9 Å². The molecule has 0 amide bonds. The van der Waals surface area contributed by atoms with E-state index in [1.165, 1.54) is 6.92 Å². The van der Waals surface area contributed by atoms with Gasteiger partial charge in [-0.2, -0.15) is 18.3 Å². The molecule has 2 aromatic rings. The molecule has 2 N–H and O–H groups in total. The van der Waals surface area contributed by atoms with Gasteiger partial charge < -0.3 is 10.6 Å². The maximum Gasteiger partial charge on any atom is 0.435 e. The highest BCUT2D eigenvalue weighted by Crippen LogP contribution is 2.28.